The van der Waals surface area contributed by atoms with Gasteiger partial charge in [-0.3, -0.25) is 4.79 Å². The van der Waals surface area contributed by atoms with Gasteiger partial charge in [-0.1, -0.05) is 35.7 Å². The van der Waals surface area contributed by atoms with Crippen molar-refractivity contribution in [1.29, 1.82) is 0 Å². The van der Waals surface area contributed by atoms with Crippen LogP contribution in [0, 0.1) is 0 Å². The van der Waals surface area contributed by atoms with Crippen LogP contribution in [-0.2, 0) is 17.8 Å². The molecule has 0 radical (unpaired) electrons. The Labute approximate surface area is 198 Å². The molecule has 0 saturated carbocycles. The minimum Gasteiger partial charge on any atom is -0.480 e. The number of rotatable bonds is 9. The number of H-pyrrole nitrogens is 1. The second kappa shape index (κ2) is 11.2. The van der Waals surface area contributed by atoms with Crippen molar-refractivity contribution in [3.05, 3.63) is 42.2 Å². The number of likely N-dealkylation sites (tertiary alicyclic amines) is 1. The maximum atomic E-state index is 12.5. The largest absolute Gasteiger partial charge is 0.480 e. The minimum absolute atomic E-state index is 0.200. The number of hydrogen-bond donors (Lipinski definition) is 2. The smallest absolute Gasteiger partial charge is 0.415 e. The van der Waals surface area contributed by atoms with E-state index in [1.807, 2.05) is 24.3 Å². The van der Waals surface area contributed by atoms with Gasteiger partial charge in [0.25, 0.3) is 0 Å². The molecule has 33 heavy (non-hydrogen) atoms. The van der Waals surface area contributed by atoms with Gasteiger partial charge in [-0.15, -0.1) is 5.10 Å². The SMILES string of the molecule is O=C(O)Cn1nnnc1SC1CCN(C(=O)Oc2ccc(CCSc3ncc[nH]3)cc2)CC1. The molecule has 1 aromatic carbocycles. The third-order valence-corrected chi connectivity index (χ3v) is 7.20. The van der Waals surface area contributed by atoms with Gasteiger partial charge in [-0.05, 0) is 47.4 Å². The molecular weight excluding hydrogens is 466 g/mol. The van der Waals surface area contributed by atoms with E-state index in [4.69, 9.17) is 9.84 Å². The number of aromatic nitrogens is 6. The van der Waals surface area contributed by atoms with Gasteiger partial charge in [0.15, 0.2) is 5.16 Å². The fourth-order valence-corrected chi connectivity index (χ4v) is 5.17. The van der Waals surface area contributed by atoms with E-state index >= 15 is 0 Å². The number of aryl methyl sites for hydroxylation is 1. The summed E-state index contributed by atoms with van der Waals surface area (Å²) in [5, 5.41) is 21.7. The molecule has 1 aliphatic heterocycles. The maximum absolute atomic E-state index is 12.5. The number of nitrogens with zero attached hydrogens (tertiary/aromatic N) is 6. The first-order valence-corrected chi connectivity index (χ1v) is 12.3. The Morgan fingerprint density at radius 2 is 2.00 bits per heavy atom. The van der Waals surface area contributed by atoms with Crippen LogP contribution in [0.3, 0.4) is 0 Å². The van der Waals surface area contributed by atoms with Crippen LogP contribution >= 0.6 is 23.5 Å². The third kappa shape index (κ3) is 6.71. The highest BCUT2D eigenvalue weighted by Crippen LogP contribution is 2.29. The number of piperidine rings is 1. The van der Waals surface area contributed by atoms with Crippen molar-refractivity contribution in [2.75, 3.05) is 18.8 Å². The summed E-state index contributed by atoms with van der Waals surface area (Å²) in [6, 6.07) is 7.57. The van der Waals surface area contributed by atoms with Crippen LogP contribution in [0.4, 0.5) is 4.79 Å². The van der Waals surface area contributed by atoms with Gasteiger partial charge in [-0.25, -0.2) is 14.5 Å². The molecule has 1 fully saturated rings. The number of carboxylic acid groups (broad SMARTS) is 1. The van der Waals surface area contributed by atoms with Gasteiger partial charge in [0.1, 0.15) is 12.3 Å². The van der Waals surface area contributed by atoms with Crippen molar-refractivity contribution < 1.29 is 19.4 Å². The average Bonchev–Trinajstić information content (AvgIpc) is 3.48. The van der Waals surface area contributed by atoms with E-state index in [0.29, 0.717) is 24.0 Å². The molecule has 1 aliphatic rings. The number of thioether (sulfide) groups is 2. The molecule has 0 aliphatic carbocycles. The molecule has 2 aromatic heterocycles. The predicted molar refractivity (Wildman–Crippen MR) is 121 cm³/mol. The van der Waals surface area contributed by atoms with E-state index in [1.165, 1.54) is 16.4 Å². The molecular formula is C20H23N7O4S2. The van der Waals surface area contributed by atoms with Crippen molar-refractivity contribution in [3.8, 4) is 5.75 Å². The lowest BCUT2D eigenvalue weighted by molar-refractivity contribution is -0.138. The number of aliphatic carboxylic acids is 1. The van der Waals surface area contributed by atoms with Crippen LogP contribution in [0.1, 0.15) is 18.4 Å². The summed E-state index contributed by atoms with van der Waals surface area (Å²) in [6.45, 7) is 0.834. The van der Waals surface area contributed by atoms with Gasteiger partial charge in [0, 0.05) is 36.5 Å². The molecule has 0 bridgehead atoms. The highest BCUT2D eigenvalue weighted by atomic mass is 32.2. The molecule has 0 spiro atoms. The van der Waals surface area contributed by atoms with E-state index in [0.717, 1.165) is 35.7 Å². The standard InChI is InChI=1S/C20H23N7O4S2/c28-17(29)13-27-19(23-24-25-27)33-16-5-10-26(11-6-16)20(30)31-15-3-1-14(2-4-15)7-12-32-18-21-8-9-22-18/h1-4,8-9,16H,5-7,10-13H2,(H,21,22)(H,28,29). The molecule has 0 atom stereocenters. The van der Waals surface area contributed by atoms with Gasteiger partial charge in [0.2, 0.25) is 5.16 Å². The average molecular weight is 490 g/mol. The number of carbonyl (C=O) groups is 2. The first-order chi connectivity index (χ1) is 16.1. The number of amides is 1. The summed E-state index contributed by atoms with van der Waals surface area (Å²) in [7, 11) is 0. The van der Waals surface area contributed by atoms with Crippen LogP contribution in [0.25, 0.3) is 0 Å². The molecule has 4 rings (SSSR count). The van der Waals surface area contributed by atoms with Crippen molar-refractivity contribution >= 4 is 35.6 Å². The Hall–Kier alpha value is -3.06. The van der Waals surface area contributed by atoms with E-state index < -0.39 is 5.97 Å². The Balaban J connectivity index is 1.20. The second-order valence-electron chi connectivity index (χ2n) is 7.32. The van der Waals surface area contributed by atoms with Gasteiger partial charge in [0.05, 0.1) is 0 Å². The second-order valence-corrected chi connectivity index (χ2v) is 9.67. The summed E-state index contributed by atoms with van der Waals surface area (Å²) in [5.74, 6) is 0.428. The van der Waals surface area contributed by atoms with Gasteiger partial charge >= 0.3 is 12.1 Å². The van der Waals surface area contributed by atoms with Crippen molar-refractivity contribution in [1.82, 2.24) is 35.1 Å². The summed E-state index contributed by atoms with van der Waals surface area (Å²) in [5.41, 5.74) is 1.16. The monoisotopic (exact) mass is 489 g/mol. The third-order valence-electron chi connectivity index (χ3n) is 4.99. The molecule has 11 nitrogen and oxygen atoms in total. The summed E-state index contributed by atoms with van der Waals surface area (Å²) in [4.78, 5) is 32.4. The number of tetrazole rings is 1. The number of benzene rings is 1. The Bertz CT molecular complexity index is 1050. The van der Waals surface area contributed by atoms with Gasteiger partial charge in [-0.2, -0.15) is 0 Å². The van der Waals surface area contributed by atoms with Crippen molar-refractivity contribution in [2.24, 2.45) is 0 Å². The highest BCUT2D eigenvalue weighted by Gasteiger charge is 2.26. The number of carbonyl (C=O) groups excluding carboxylic acids is 1. The van der Waals surface area contributed by atoms with Crippen molar-refractivity contribution in [2.45, 2.75) is 41.4 Å². The zero-order chi connectivity index (χ0) is 23.0. The predicted octanol–water partition coefficient (Wildman–Crippen LogP) is 2.57. The van der Waals surface area contributed by atoms with Crippen LogP contribution in [0.15, 0.2) is 47.0 Å². The minimum atomic E-state index is -0.998. The zero-order valence-electron chi connectivity index (χ0n) is 17.7. The number of carboxylic acids is 1. The highest BCUT2D eigenvalue weighted by molar-refractivity contribution is 7.99. The van der Waals surface area contributed by atoms with Crippen molar-refractivity contribution in [3.63, 3.8) is 0 Å². The Morgan fingerprint density at radius 1 is 1.21 bits per heavy atom. The van der Waals surface area contributed by atoms with E-state index in [9.17, 15) is 9.59 Å². The normalized spacial score (nSPS) is 14.4. The molecule has 0 unspecified atom stereocenters. The van der Waals surface area contributed by atoms with Crippen LogP contribution in [-0.4, -0.2) is 76.3 Å². The molecule has 3 aromatic rings. The zero-order valence-corrected chi connectivity index (χ0v) is 19.3. The first-order valence-electron chi connectivity index (χ1n) is 10.4. The number of imidazole rings is 1. The lowest BCUT2D eigenvalue weighted by Crippen LogP contribution is -2.41. The van der Waals surface area contributed by atoms with E-state index in [2.05, 4.69) is 25.5 Å². The lowest BCUT2D eigenvalue weighted by Gasteiger charge is -2.30. The number of hydrogen-bond acceptors (Lipinski definition) is 9. The van der Waals surface area contributed by atoms with Crippen LogP contribution < -0.4 is 4.74 Å². The fraction of sp³-hybridized carbons (Fsp3) is 0.400. The topological polar surface area (TPSA) is 139 Å². The summed E-state index contributed by atoms with van der Waals surface area (Å²) < 4.78 is 6.81. The molecule has 2 N–H and O–H groups in total. The Morgan fingerprint density at radius 3 is 2.70 bits per heavy atom. The summed E-state index contributed by atoms with van der Waals surface area (Å²) >= 11 is 3.10. The van der Waals surface area contributed by atoms with E-state index in [-0.39, 0.29) is 17.9 Å². The van der Waals surface area contributed by atoms with Crippen LogP contribution in [0.2, 0.25) is 0 Å². The maximum Gasteiger partial charge on any atom is 0.415 e. The lowest BCUT2D eigenvalue weighted by atomic mass is 10.1. The molecule has 1 saturated heterocycles. The molecule has 174 valence electrons. The Kier molecular flexibility index (Phi) is 7.83. The molecule has 3 heterocycles. The fourth-order valence-electron chi connectivity index (χ4n) is 3.30. The summed E-state index contributed by atoms with van der Waals surface area (Å²) in [6.07, 6.45) is 5.55. The number of ether oxygens (including phenoxy) is 1. The number of nitrogens with one attached hydrogen (secondary N) is 1. The number of aromatic amines is 1. The van der Waals surface area contributed by atoms with Crippen LogP contribution in [0.5, 0.6) is 5.75 Å². The molecule has 13 heteroatoms. The quantitative estimate of drug-likeness (QED) is 0.431. The first kappa shape index (κ1) is 23.1. The van der Waals surface area contributed by atoms with Gasteiger partial charge < -0.3 is 19.7 Å². The molecule has 1 amide bonds. The van der Waals surface area contributed by atoms with E-state index in [1.54, 1.807) is 29.1 Å².